The lowest BCUT2D eigenvalue weighted by atomic mass is 10.1. The van der Waals surface area contributed by atoms with E-state index in [9.17, 15) is 0 Å². The first kappa shape index (κ1) is 23.9. The van der Waals surface area contributed by atoms with Crippen molar-refractivity contribution in [2.24, 2.45) is 10.9 Å². The molecule has 2 saturated heterocycles. The van der Waals surface area contributed by atoms with Crippen LogP contribution in [0.4, 0.5) is 0 Å². The van der Waals surface area contributed by atoms with Crippen molar-refractivity contribution < 1.29 is 4.74 Å². The molecule has 0 saturated carbocycles. The predicted octanol–water partition coefficient (Wildman–Crippen LogP) is 1.95. The van der Waals surface area contributed by atoms with E-state index >= 15 is 0 Å². The highest BCUT2D eigenvalue weighted by molar-refractivity contribution is 14.0. The summed E-state index contributed by atoms with van der Waals surface area (Å²) in [5.74, 6) is 1.68. The van der Waals surface area contributed by atoms with Gasteiger partial charge in [0.2, 0.25) is 0 Å². The van der Waals surface area contributed by atoms with E-state index in [-0.39, 0.29) is 24.0 Å². The van der Waals surface area contributed by atoms with Crippen LogP contribution in [0.1, 0.15) is 33.6 Å². The van der Waals surface area contributed by atoms with Gasteiger partial charge < -0.3 is 24.8 Å². The van der Waals surface area contributed by atoms with Crippen LogP contribution in [-0.4, -0.2) is 99.3 Å². The smallest absolute Gasteiger partial charge is 0.193 e. The first-order chi connectivity index (χ1) is 12.1. The molecule has 2 aliphatic rings. The highest BCUT2D eigenvalue weighted by Crippen LogP contribution is 2.14. The van der Waals surface area contributed by atoms with Crippen LogP contribution >= 0.6 is 24.0 Å². The summed E-state index contributed by atoms with van der Waals surface area (Å²) in [6.45, 7) is 17.2. The molecule has 0 spiro atoms. The number of ether oxygens (including phenoxy) is 1. The quantitative estimate of drug-likeness (QED) is 0.342. The van der Waals surface area contributed by atoms with Gasteiger partial charge in [-0.1, -0.05) is 6.92 Å². The molecular weight excluding hydrogens is 441 g/mol. The van der Waals surface area contributed by atoms with Crippen LogP contribution in [0, 0.1) is 5.92 Å². The van der Waals surface area contributed by atoms with Crippen molar-refractivity contribution >= 4 is 29.9 Å². The Hall–Kier alpha value is -0.120. The molecule has 2 rings (SSSR count). The first-order valence-electron chi connectivity index (χ1n) is 10.2. The second-order valence-corrected chi connectivity index (χ2v) is 7.55. The minimum atomic E-state index is 0. The van der Waals surface area contributed by atoms with Crippen molar-refractivity contribution in [3.8, 4) is 0 Å². The maximum atomic E-state index is 5.77. The van der Waals surface area contributed by atoms with Gasteiger partial charge in [-0.25, -0.2) is 0 Å². The Morgan fingerprint density at radius 2 is 1.77 bits per heavy atom. The van der Waals surface area contributed by atoms with Gasteiger partial charge in [-0.05, 0) is 39.7 Å². The topological polar surface area (TPSA) is 43.3 Å². The van der Waals surface area contributed by atoms with E-state index in [2.05, 4.69) is 47.8 Å². The third kappa shape index (κ3) is 8.27. The van der Waals surface area contributed by atoms with Crippen LogP contribution in [-0.2, 0) is 4.74 Å². The number of rotatable bonds is 7. The molecule has 26 heavy (non-hydrogen) atoms. The number of likely N-dealkylation sites (tertiary alicyclic amines) is 1. The maximum absolute atomic E-state index is 5.77. The van der Waals surface area contributed by atoms with E-state index in [0.29, 0.717) is 12.0 Å². The SMILES string of the molecule is CCNC(=NCC(C)CN1CCN(C)CC1)N1CCC(OCC)CC1.I. The fourth-order valence-electron chi connectivity index (χ4n) is 3.67. The van der Waals surface area contributed by atoms with Crippen molar-refractivity contribution in [1.82, 2.24) is 20.0 Å². The van der Waals surface area contributed by atoms with Gasteiger partial charge in [-0.3, -0.25) is 4.99 Å². The molecule has 1 unspecified atom stereocenters. The van der Waals surface area contributed by atoms with Gasteiger partial charge in [0.05, 0.1) is 6.10 Å². The summed E-state index contributed by atoms with van der Waals surface area (Å²) in [7, 11) is 2.21. The summed E-state index contributed by atoms with van der Waals surface area (Å²) in [4.78, 5) is 12.3. The van der Waals surface area contributed by atoms with Crippen LogP contribution in [0.25, 0.3) is 0 Å². The molecular formula is C19H40IN5O. The number of likely N-dealkylation sites (N-methyl/N-ethyl adjacent to an activating group) is 1. The lowest BCUT2D eigenvalue weighted by Gasteiger charge is -2.35. The van der Waals surface area contributed by atoms with E-state index in [1.165, 1.54) is 26.2 Å². The van der Waals surface area contributed by atoms with E-state index < -0.39 is 0 Å². The summed E-state index contributed by atoms with van der Waals surface area (Å²) in [5, 5.41) is 3.48. The largest absolute Gasteiger partial charge is 0.378 e. The molecule has 7 heteroatoms. The van der Waals surface area contributed by atoms with Gasteiger partial charge in [0.25, 0.3) is 0 Å². The van der Waals surface area contributed by atoms with Crippen LogP contribution in [0.3, 0.4) is 0 Å². The third-order valence-electron chi connectivity index (χ3n) is 5.20. The normalized spacial score (nSPS) is 22.2. The Labute approximate surface area is 177 Å². The molecule has 2 heterocycles. The van der Waals surface area contributed by atoms with E-state index in [0.717, 1.165) is 58.1 Å². The maximum Gasteiger partial charge on any atom is 0.193 e. The molecule has 0 radical (unpaired) electrons. The Bertz CT molecular complexity index is 393. The van der Waals surface area contributed by atoms with Crippen molar-refractivity contribution in [2.45, 2.75) is 39.7 Å². The Morgan fingerprint density at radius 1 is 1.12 bits per heavy atom. The third-order valence-corrected chi connectivity index (χ3v) is 5.20. The van der Waals surface area contributed by atoms with Crippen molar-refractivity contribution in [3.63, 3.8) is 0 Å². The second-order valence-electron chi connectivity index (χ2n) is 7.55. The number of nitrogens with zero attached hydrogens (tertiary/aromatic N) is 4. The zero-order valence-corrected chi connectivity index (χ0v) is 19.6. The minimum absolute atomic E-state index is 0. The van der Waals surface area contributed by atoms with E-state index in [1.54, 1.807) is 0 Å². The molecule has 0 bridgehead atoms. The molecule has 0 aromatic heterocycles. The number of nitrogens with one attached hydrogen (secondary N) is 1. The molecule has 0 aromatic rings. The Balaban J connectivity index is 0.00000338. The second kappa shape index (κ2) is 13.1. The van der Waals surface area contributed by atoms with E-state index in [1.807, 2.05) is 0 Å². The Kier molecular flexibility index (Phi) is 12.1. The molecule has 0 aliphatic carbocycles. The molecule has 2 fully saturated rings. The molecule has 2 aliphatic heterocycles. The van der Waals surface area contributed by atoms with Gasteiger partial charge in [-0.15, -0.1) is 24.0 Å². The number of hydrogen-bond acceptors (Lipinski definition) is 4. The minimum Gasteiger partial charge on any atom is -0.378 e. The lowest BCUT2D eigenvalue weighted by Crippen LogP contribution is -2.47. The highest BCUT2D eigenvalue weighted by atomic mass is 127. The van der Waals surface area contributed by atoms with Gasteiger partial charge in [0.15, 0.2) is 5.96 Å². The zero-order valence-electron chi connectivity index (χ0n) is 17.2. The highest BCUT2D eigenvalue weighted by Gasteiger charge is 2.22. The molecule has 1 N–H and O–H groups in total. The number of halogens is 1. The van der Waals surface area contributed by atoms with Gasteiger partial charge in [0.1, 0.15) is 0 Å². The fourth-order valence-corrected chi connectivity index (χ4v) is 3.67. The predicted molar refractivity (Wildman–Crippen MR) is 121 cm³/mol. The molecule has 0 amide bonds. The summed E-state index contributed by atoms with van der Waals surface area (Å²) < 4.78 is 5.77. The number of hydrogen-bond donors (Lipinski definition) is 1. The average molecular weight is 481 g/mol. The average Bonchev–Trinajstić information content (AvgIpc) is 2.62. The van der Waals surface area contributed by atoms with Crippen LogP contribution < -0.4 is 5.32 Å². The summed E-state index contributed by atoms with van der Waals surface area (Å²) in [5.41, 5.74) is 0. The van der Waals surface area contributed by atoms with Crippen LogP contribution in [0.15, 0.2) is 4.99 Å². The summed E-state index contributed by atoms with van der Waals surface area (Å²) >= 11 is 0. The monoisotopic (exact) mass is 481 g/mol. The van der Waals surface area contributed by atoms with Crippen LogP contribution in [0.2, 0.25) is 0 Å². The van der Waals surface area contributed by atoms with Crippen molar-refractivity contribution in [2.75, 3.05) is 72.6 Å². The fraction of sp³-hybridized carbons (Fsp3) is 0.947. The van der Waals surface area contributed by atoms with Crippen molar-refractivity contribution in [3.05, 3.63) is 0 Å². The standard InChI is InChI=1S/C19H39N5O.HI/c1-5-20-19(24-9-7-18(8-10-24)25-6-2)21-15-17(3)16-23-13-11-22(4)12-14-23;/h17-18H,5-16H2,1-4H3,(H,20,21);1H. The lowest BCUT2D eigenvalue weighted by molar-refractivity contribution is 0.0263. The van der Waals surface area contributed by atoms with Gasteiger partial charge in [0, 0.05) is 65.5 Å². The number of piperazine rings is 1. The van der Waals surface area contributed by atoms with E-state index in [4.69, 9.17) is 9.73 Å². The van der Waals surface area contributed by atoms with Crippen LogP contribution in [0.5, 0.6) is 0 Å². The molecule has 1 atom stereocenters. The summed E-state index contributed by atoms with van der Waals surface area (Å²) in [6, 6.07) is 0. The number of guanidine groups is 1. The number of piperidine rings is 1. The first-order valence-corrected chi connectivity index (χ1v) is 10.2. The summed E-state index contributed by atoms with van der Waals surface area (Å²) in [6.07, 6.45) is 2.64. The zero-order chi connectivity index (χ0) is 18.1. The van der Waals surface area contributed by atoms with Gasteiger partial charge in [-0.2, -0.15) is 0 Å². The molecule has 6 nitrogen and oxygen atoms in total. The van der Waals surface area contributed by atoms with Gasteiger partial charge >= 0.3 is 0 Å². The van der Waals surface area contributed by atoms with Crippen molar-refractivity contribution in [1.29, 1.82) is 0 Å². The Morgan fingerprint density at radius 3 is 2.35 bits per heavy atom. The molecule has 0 aromatic carbocycles. The number of aliphatic imine (C=N–C) groups is 1. The molecule has 154 valence electrons.